The van der Waals surface area contributed by atoms with Crippen molar-refractivity contribution in [2.45, 2.75) is 19.0 Å². The van der Waals surface area contributed by atoms with Crippen molar-refractivity contribution < 1.29 is 9.90 Å². The minimum Gasteiger partial charge on any atom is -0.396 e. The number of piperidine rings is 1. The highest BCUT2D eigenvalue weighted by Crippen LogP contribution is 2.30. The van der Waals surface area contributed by atoms with Crippen molar-refractivity contribution in [2.24, 2.45) is 5.92 Å². The third-order valence-electron chi connectivity index (χ3n) is 4.77. The van der Waals surface area contributed by atoms with Crippen LogP contribution < -0.4 is 10.6 Å². The lowest BCUT2D eigenvalue weighted by molar-refractivity contribution is 0.0646. The zero-order valence-electron chi connectivity index (χ0n) is 13.2. The SMILES string of the molecule is O=C(c1csc(C2=C3C=CNC3NC=C2)n1)N1CCC(CO)CC1. The van der Waals surface area contributed by atoms with Crippen LogP contribution in [0.1, 0.15) is 28.3 Å². The molecule has 0 aromatic carbocycles. The Hall–Kier alpha value is -2.12. The number of amides is 1. The van der Waals surface area contributed by atoms with Crippen molar-refractivity contribution in [1.29, 1.82) is 0 Å². The summed E-state index contributed by atoms with van der Waals surface area (Å²) in [6.07, 6.45) is 9.69. The maximum atomic E-state index is 12.7. The highest BCUT2D eigenvalue weighted by molar-refractivity contribution is 7.11. The summed E-state index contributed by atoms with van der Waals surface area (Å²) < 4.78 is 0. The lowest BCUT2D eigenvalue weighted by Crippen LogP contribution is -2.39. The van der Waals surface area contributed by atoms with Crippen molar-refractivity contribution in [3.05, 3.63) is 46.2 Å². The summed E-state index contributed by atoms with van der Waals surface area (Å²) in [5, 5.41) is 18.4. The first-order chi connectivity index (χ1) is 11.8. The molecule has 3 aliphatic rings. The molecule has 4 heterocycles. The first-order valence-electron chi connectivity index (χ1n) is 8.21. The third-order valence-corrected chi connectivity index (χ3v) is 5.65. The van der Waals surface area contributed by atoms with Gasteiger partial charge in [-0.3, -0.25) is 4.79 Å². The van der Waals surface area contributed by atoms with Gasteiger partial charge in [-0.15, -0.1) is 11.3 Å². The van der Waals surface area contributed by atoms with Gasteiger partial charge in [0.25, 0.3) is 5.91 Å². The fraction of sp³-hybridized carbons (Fsp3) is 0.412. The van der Waals surface area contributed by atoms with E-state index in [9.17, 15) is 9.90 Å². The lowest BCUT2D eigenvalue weighted by Gasteiger charge is -2.30. The molecule has 1 amide bonds. The van der Waals surface area contributed by atoms with E-state index < -0.39 is 0 Å². The molecule has 0 aliphatic carbocycles. The minimum atomic E-state index is -0.00552. The van der Waals surface area contributed by atoms with Gasteiger partial charge < -0.3 is 20.6 Å². The first-order valence-corrected chi connectivity index (χ1v) is 9.09. The Bertz CT molecular complexity index is 729. The number of aliphatic hydroxyl groups is 1. The van der Waals surface area contributed by atoms with Gasteiger partial charge in [0.2, 0.25) is 0 Å². The molecule has 24 heavy (non-hydrogen) atoms. The highest BCUT2D eigenvalue weighted by atomic mass is 32.1. The van der Waals surface area contributed by atoms with E-state index in [0.29, 0.717) is 24.7 Å². The lowest BCUT2D eigenvalue weighted by atomic mass is 9.98. The number of likely N-dealkylation sites (tertiary alicyclic amines) is 1. The summed E-state index contributed by atoms with van der Waals surface area (Å²) in [5.74, 6) is 0.319. The number of fused-ring (bicyclic) bond motifs is 1. The smallest absolute Gasteiger partial charge is 0.273 e. The second-order valence-corrected chi connectivity index (χ2v) is 7.12. The predicted molar refractivity (Wildman–Crippen MR) is 93.1 cm³/mol. The standard InChI is InChI=1S/C17H20N4O2S/c22-9-11-3-7-21(8-4-11)17(23)14-10-24-16(20-14)13-2-6-19-15-12(13)1-5-18-15/h1-2,5-6,10-11,15,18-19,22H,3-4,7-9H2. The van der Waals surface area contributed by atoms with E-state index in [0.717, 1.165) is 29.0 Å². The van der Waals surface area contributed by atoms with Crippen LogP contribution in [0.3, 0.4) is 0 Å². The van der Waals surface area contributed by atoms with Crippen molar-refractivity contribution in [3.63, 3.8) is 0 Å². The fourth-order valence-electron chi connectivity index (χ4n) is 3.30. The molecule has 1 aromatic heterocycles. The van der Waals surface area contributed by atoms with Gasteiger partial charge in [-0.2, -0.15) is 0 Å². The molecule has 126 valence electrons. The fourth-order valence-corrected chi connectivity index (χ4v) is 4.14. The van der Waals surface area contributed by atoms with Crippen LogP contribution in [0.25, 0.3) is 5.57 Å². The number of allylic oxidation sites excluding steroid dienone is 2. The van der Waals surface area contributed by atoms with Crippen LogP contribution in [-0.4, -0.2) is 46.8 Å². The molecule has 3 N–H and O–H groups in total. The predicted octanol–water partition coefficient (Wildman–Crippen LogP) is 1.30. The van der Waals surface area contributed by atoms with Crippen molar-refractivity contribution in [2.75, 3.05) is 19.7 Å². The van der Waals surface area contributed by atoms with Crippen molar-refractivity contribution in [1.82, 2.24) is 20.5 Å². The molecule has 0 radical (unpaired) electrons. The maximum absolute atomic E-state index is 12.7. The summed E-state index contributed by atoms with van der Waals surface area (Å²) in [5.41, 5.74) is 2.72. The molecule has 7 heteroatoms. The van der Waals surface area contributed by atoms with E-state index in [-0.39, 0.29) is 18.7 Å². The molecule has 3 aliphatic heterocycles. The largest absolute Gasteiger partial charge is 0.396 e. The van der Waals surface area contributed by atoms with Crippen molar-refractivity contribution >= 4 is 22.8 Å². The zero-order chi connectivity index (χ0) is 16.5. The van der Waals surface area contributed by atoms with Gasteiger partial charge >= 0.3 is 0 Å². The Balaban J connectivity index is 1.52. The second-order valence-electron chi connectivity index (χ2n) is 6.26. The van der Waals surface area contributed by atoms with Gasteiger partial charge in [-0.25, -0.2) is 4.98 Å². The summed E-state index contributed by atoms with van der Waals surface area (Å²) in [4.78, 5) is 19.1. The molecule has 6 nitrogen and oxygen atoms in total. The number of nitrogens with zero attached hydrogens (tertiary/aromatic N) is 2. The zero-order valence-corrected chi connectivity index (χ0v) is 14.1. The number of rotatable bonds is 3. The van der Waals surface area contributed by atoms with E-state index in [1.54, 1.807) is 0 Å². The van der Waals surface area contributed by atoms with Gasteiger partial charge in [-0.1, -0.05) is 0 Å². The second kappa shape index (κ2) is 6.41. The van der Waals surface area contributed by atoms with Crippen LogP contribution in [0.5, 0.6) is 0 Å². The molecule has 4 rings (SSSR count). The quantitative estimate of drug-likeness (QED) is 0.770. The van der Waals surface area contributed by atoms with Gasteiger partial charge in [0.05, 0.1) is 0 Å². The molecule has 1 atom stereocenters. The van der Waals surface area contributed by atoms with E-state index in [4.69, 9.17) is 0 Å². The Kier molecular flexibility index (Phi) is 4.12. The number of aromatic nitrogens is 1. The van der Waals surface area contributed by atoms with Crippen LogP contribution >= 0.6 is 11.3 Å². The average molecular weight is 344 g/mol. The number of hydrogen-bond donors (Lipinski definition) is 3. The summed E-state index contributed by atoms with van der Waals surface area (Å²) in [6.45, 7) is 1.61. The molecule has 0 spiro atoms. The molecule has 1 saturated heterocycles. The Morgan fingerprint density at radius 3 is 2.79 bits per heavy atom. The van der Waals surface area contributed by atoms with Crippen LogP contribution in [0.4, 0.5) is 0 Å². The Morgan fingerprint density at radius 2 is 2.04 bits per heavy atom. The van der Waals surface area contributed by atoms with Crippen molar-refractivity contribution in [3.8, 4) is 0 Å². The maximum Gasteiger partial charge on any atom is 0.273 e. The Morgan fingerprint density at radius 1 is 1.29 bits per heavy atom. The number of nitrogens with one attached hydrogen (secondary N) is 2. The van der Waals surface area contributed by atoms with Gasteiger partial charge in [-0.05, 0) is 43.3 Å². The highest BCUT2D eigenvalue weighted by Gasteiger charge is 2.26. The van der Waals surface area contributed by atoms with Gasteiger partial charge in [0.15, 0.2) is 0 Å². The molecule has 1 aromatic rings. The monoisotopic (exact) mass is 344 g/mol. The van der Waals surface area contributed by atoms with E-state index in [1.807, 2.05) is 34.8 Å². The van der Waals surface area contributed by atoms with Crippen LogP contribution in [0.15, 0.2) is 35.5 Å². The van der Waals surface area contributed by atoms with E-state index in [1.165, 1.54) is 11.3 Å². The van der Waals surface area contributed by atoms with E-state index in [2.05, 4.69) is 15.6 Å². The van der Waals surface area contributed by atoms with Gasteiger partial charge in [0, 0.05) is 36.2 Å². The number of aliphatic hydroxyl groups excluding tert-OH is 1. The Labute approximate surface area is 144 Å². The molecule has 1 fully saturated rings. The number of thiazole rings is 1. The summed E-state index contributed by atoms with van der Waals surface area (Å²) in [6, 6.07) is 0. The van der Waals surface area contributed by atoms with Crippen LogP contribution in [0, 0.1) is 5.92 Å². The van der Waals surface area contributed by atoms with Crippen LogP contribution in [0.2, 0.25) is 0 Å². The molecule has 0 saturated carbocycles. The number of carbonyl (C=O) groups is 1. The number of carbonyl (C=O) groups excluding carboxylic acids is 1. The molecular weight excluding hydrogens is 324 g/mol. The minimum absolute atomic E-state index is 0.00552. The summed E-state index contributed by atoms with van der Waals surface area (Å²) in [7, 11) is 0. The molecule has 0 bridgehead atoms. The van der Waals surface area contributed by atoms with Crippen LogP contribution in [-0.2, 0) is 0 Å². The van der Waals surface area contributed by atoms with Gasteiger partial charge in [0.1, 0.15) is 16.9 Å². The normalized spacial score (nSPS) is 23.2. The average Bonchev–Trinajstić information content (AvgIpc) is 3.30. The number of hydrogen-bond acceptors (Lipinski definition) is 6. The number of dihydropyridines is 1. The molecular formula is C17H20N4O2S. The third kappa shape index (κ3) is 2.74. The molecule has 1 unspecified atom stereocenters. The van der Waals surface area contributed by atoms with E-state index >= 15 is 0 Å². The summed E-state index contributed by atoms with van der Waals surface area (Å²) >= 11 is 1.51. The topological polar surface area (TPSA) is 77.5 Å². The first kappa shape index (κ1) is 15.4.